The first-order chi connectivity index (χ1) is 14.4. The predicted molar refractivity (Wildman–Crippen MR) is 107 cm³/mol. The van der Waals surface area contributed by atoms with Crippen LogP contribution < -0.4 is 4.74 Å². The normalized spacial score (nSPS) is 10.7. The van der Waals surface area contributed by atoms with Crippen LogP contribution in [0.3, 0.4) is 0 Å². The van der Waals surface area contributed by atoms with E-state index in [0.29, 0.717) is 17.1 Å². The number of thiophene rings is 1. The van der Waals surface area contributed by atoms with Crippen molar-refractivity contribution in [1.29, 1.82) is 0 Å². The Balaban J connectivity index is 1.69. The van der Waals surface area contributed by atoms with Crippen LogP contribution in [0.2, 0.25) is 0 Å². The van der Waals surface area contributed by atoms with Crippen LogP contribution in [0.1, 0.15) is 16.2 Å². The van der Waals surface area contributed by atoms with Crippen molar-refractivity contribution in [3.8, 4) is 22.1 Å². The summed E-state index contributed by atoms with van der Waals surface area (Å²) in [5.41, 5.74) is 0.669. The standard InChI is InChI=1S/C20H13FN4O4S/c1-12-10-15(7-8-16(12)25(27)28)29-20(26)18-22-19(17-6-3-9-30-17)24(23-18)14-5-2-4-13(21)11-14/h2-11H,1H3. The second-order valence-electron chi connectivity index (χ2n) is 6.22. The lowest BCUT2D eigenvalue weighted by Crippen LogP contribution is -2.11. The van der Waals surface area contributed by atoms with Crippen molar-refractivity contribution in [2.45, 2.75) is 6.92 Å². The van der Waals surface area contributed by atoms with Gasteiger partial charge in [-0.25, -0.2) is 13.9 Å². The van der Waals surface area contributed by atoms with E-state index >= 15 is 0 Å². The van der Waals surface area contributed by atoms with E-state index in [1.54, 1.807) is 19.1 Å². The maximum absolute atomic E-state index is 13.7. The van der Waals surface area contributed by atoms with Gasteiger partial charge in [-0.3, -0.25) is 10.1 Å². The number of carbonyl (C=O) groups is 1. The molecule has 0 aliphatic rings. The van der Waals surface area contributed by atoms with Crippen molar-refractivity contribution in [2.75, 3.05) is 0 Å². The van der Waals surface area contributed by atoms with E-state index in [1.165, 1.54) is 52.4 Å². The molecule has 10 heteroatoms. The highest BCUT2D eigenvalue weighted by Gasteiger charge is 2.22. The van der Waals surface area contributed by atoms with Gasteiger partial charge in [0.05, 0.1) is 15.5 Å². The Kier molecular flexibility index (Phi) is 5.07. The Morgan fingerprint density at radius 3 is 2.70 bits per heavy atom. The fraction of sp³-hybridized carbons (Fsp3) is 0.0500. The number of nitrogens with zero attached hydrogens (tertiary/aromatic N) is 4. The number of benzene rings is 2. The van der Waals surface area contributed by atoms with Gasteiger partial charge in [-0.05, 0) is 48.7 Å². The van der Waals surface area contributed by atoms with Crippen LogP contribution in [0.25, 0.3) is 16.4 Å². The molecule has 0 bridgehead atoms. The molecule has 0 fully saturated rings. The van der Waals surface area contributed by atoms with E-state index in [2.05, 4.69) is 10.1 Å². The molecule has 0 saturated heterocycles. The summed E-state index contributed by atoms with van der Waals surface area (Å²) in [6.45, 7) is 1.54. The number of nitro groups is 1. The molecule has 0 unspecified atom stereocenters. The number of halogens is 1. The Bertz CT molecular complexity index is 1250. The molecule has 0 spiro atoms. The van der Waals surface area contributed by atoms with Gasteiger partial charge < -0.3 is 4.74 Å². The Morgan fingerprint density at radius 2 is 2.03 bits per heavy atom. The van der Waals surface area contributed by atoms with Crippen molar-refractivity contribution in [3.63, 3.8) is 0 Å². The van der Waals surface area contributed by atoms with E-state index in [0.717, 1.165) is 4.88 Å². The maximum Gasteiger partial charge on any atom is 0.383 e. The highest BCUT2D eigenvalue weighted by molar-refractivity contribution is 7.13. The van der Waals surface area contributed by atoms with E-state index in [4.69, 9.17) is 4.74 Å². The van der Waals surface area contributed by atoms with Gasteiger partial charge >= 0.3 is 5.97 Å². The SMILES string of the molecule is Cc1cc(OC(=O)c2nc(-c3cccs3)n(-c3cccc(F)c3)n2)ccc1[N+](=O)[O-]. The number of carbonyl (C=O) groups excluding carboxylic acids is 1. The van der Waals surface area contributed by atoms with Crippen LogP contribution in [0, 0.1) is 22.9 Å². The van der Waals surface area contributed by atoms with Gasteiger partial charge in [0.1, 0.15) is 11.6 Å². The molecular weight excluding hydrogens is 411 g/mol. The van der Waals surface area contributed by atoms with Crippen LogP contribution in [0.4, 0.5) is 10.1 Å². The molecule has 150 valence electrons. The summed E-state index contributed by atoms with van der Waals surface area (Å²) in [5, 5.41) is 17.0. The van der Waals surface area contributed by atoms with Crippen molar-refractivity contribution in [2.24, 2.45) is 0 Å². The summed E-state index contributed by atoms with van der Waals surface area (Å²) in [7, 11) is 0. The average molecular weight is 424 g/mol. The second kappa shape index (κ2) is 7.84. The van der Waals surface area contributed by atoms with Crippen LogP contribution in [0.5, 0.6) is 5.75 Å². The minimum Gasteiger partial charge on any atom is -0.421 e. The van der Waals surface area contributed by atoms with Crippen molar-refractivity contribution in [3.05, 3.63) is 87.3 Å². The largest absolute Gasteiger partial charge is 0.421 e. The number of esters is 1. The number of nitro benzene ring substituents is 1. The Hall–Kier alpha value is -3.92. The van der Waals surface area contributed by atoms with Gasteiger partial charge in [-0.2, -0.15) is 4.98 Å². The maximum atomic E-state index is 13.7. The quantitative estimate of drug-likeness (QED) is 0.201. The zero-order valence-electron chi connectivity index (χ0n) is 15.5. The third-order valence-corrected chi connectivity index (χ3v) is 5.03. The van der Waals surface area contributed by atoms with Gasteiger partial charge in [-0.1, -0.05) is 12.1 Å². The van der Waals surface area contributed by atoms with E-state index in [9.17, 15) is 19.3 Å². The van der Waals surface area contributed by atoms with Crippen LogP contribution >= 0.6 is 11.3 Å². The molecule has 0 amide bonds. The molecule has 4 aromatic rings. The van der Waals surface area contributed by atoms with Crippen LogP contribution in [-0.2, 0) is 0 Å². The number of rotatable bonds is 5. The lowest BCUT2D eigenvalue weighted by Gasteiger charge is -2.04. The molecule has 8 nitrogen and oxygen atoms in total. The third-order valence-electron chi connectivity index (χ3n) is 4.16. The molecule has 0 atom stereocenters. The summed E-state index contributed by atoms with van der Waals surface area (Å²) in [5.74, 6) is -1.02. The number of hydrogen-bond donors (Lipinski definition) is 0. The first-order valence-corrected chi connectivity index (χ1v) is 9.54. The predicted octanol–water partition coefficient (Wildman–Crippen LogP) is 4.57. The monoisotopic (exact) mass is 424 g/mol. The zero-order valence-corrected chi connectivity index (χ0v) is 16.3. The van der Waals surface area contributed by atoms with Gasteiger partial charge in [-0.15, -0.1) is 16.4 Å². The molecule has 2 heterocycles. The molecule has 2 aromatic carbocycles. The summed E-state index contributed by atoms with van der Waals surface area (Å²) in [6, 6.07) is 13.4. The molecule has 2 aromatic heterocycles. The Morgan fingerprint density at radius 1 is 1.20 bits per heavy atom. The third kappa shape index (κ3) is 3.80. The van der Waals surface area contributed by atoms with Crippen LogP contribution in [0.15, 0.2) is 60.0 Å². The van der Waals surface area contributed by atoms with E-state index < -0.39 is 16.7 Å². The Labute approximate surface area is 173 Å². The van der Waals surface area contributed by atoms with Gasteiger partial charge in [0, 0.05) is 11.6 Å². The summed E-state index contributed by atoms with van der Waals surface area (Å²) in [6.07, 6.45) is 0. The molecule has 4 rings (SSSR count). The smallest absolute Gasteiger partial charge is 0.383 e. The lowest BCUT2D eigenvalue weighted by atomic mass is 10.2. The minimum absolute atomic E-state index is 0.0803. The summed E-state index contributed by atoms with van der Waals surface area (Å²) < 4.78 is 20.4. The first-order valence-electron chi connectivity index (χ1n) is 8.66. The van der Waals surface area contributed by atoms with E-state index in [-0.39, 0.29) is 17.3 Å². The molecule has 0 N–H and O–H groups in total. The average Bonchev–Trinajstić information content (AvgIpc) is 3.37. The molecule has 0 aliphatic carbocycles. The molecule has 30 heavy (non-hydrogen) atoms. The number of hydrogen-bond acceptors (Lipinski definition) is 7. The fourth-order valence-electron chi connectivity index (χ4n) is 2.80. The van der Waals surface area contributed by atoms with Crippen molar-refractivity contribution >= 4 is 23.0 Å². The topological polar surface area (TPSA) is 100 Å². The molecule has 0 aliphatic heterocycles. The van der Waals surface area contributed by atoms with Crippen molar-refractivity contribution in [1.82, 2.24) is 14.8 Å². The summed E-state index contributed by atoms with van der Waals surface area (Å²) >= 11 is 1.39. The number of aryl methyl sites for hydroxylation is 1. The minimum atomic E-state index is -0.837. The van der Waals surface area contributed by atoms with Gasteiger partial charge in [0.15, 0.2) is 5.82 Å². The first kappa shape index (κ1) is 19.4. The number of aromatic nitrogens is 3. The highest BCUT2D eigenvalue weighted by Crippen LogP contribution is 2.27. The number of ether oxygens (including phenoxy) is 1. The summed E-state index contributed by atoms with van der Waals surface area (Å²) in [4.78, 5) is 28.0. The van der Waals surface area contributed by atoms with E-state index in [1.807, 2.05) is 11.4 Å². The van der Waals surface area contributed by atoms with Crippen LogP contribution in [-0.4, -0.2) is 25.7 Å². The highest BCUT2D eigenvalue weighted by atomic mass is 32.1. The molecular formula is C20H13FN4O4S. The zero-order chi connectivity index (χ0) is 21.3. The molecule has 0 radical (unpaired) electrons. The fourth-order valence-corrected chi connectivity index (χ4v) is 3.50. The van der Waals surface area contributed by atoms with Crippen molar-refractivity contribution < 1.29 is 18.8 Å². The lowest BCUT2D eigenvalue weighted by molar-refractivity contribution is -0.385. The van der Waals surface area contributed by atoms with Gasteiger partial charge in [0.2, 0.25) is 0 Å². The van der Waals surface area contributed by atoms with Gasteiger partial charge in [0.25, 0.3) is 11.5 Å². The molecule has 0 saturated carbocycles. The second-order valence-corrected chi connectivity index (χ2v) is 7.17.